The van der Waals surface area contributed by atoms with Crippen molar-refractivity contribution in [3.05, 3.63) is 70.3 Å². The van der Waals surface area contributed by atoms with Gasteiger partial charge in [0.1, 0.15) is 10.1 Å². The van der Waals surface area contributed by atoms with E-state index in [1.54, 1.807) is 24.3 Å². The summed E-state index contributed by atoms with van der Waals surface area (Å²) in [5, 5.41) is 5.01. The van der Waals surface area contributed by atoms with Gasteiger partial charge in [-0.3, -0.25) is 14.6 Å². The molecule has 4 rings (SSSR count). The molecule has 2 aromatic heterocycles. The Hall–Kier alpha value is -3.28. The number of ketones is 1. The average Bonchev–Trinajstić information content (AvgIpc) is 3.16. The van der Waals surface area contributed by atoms with Gasteiger partial charge in [-0.25, -0.2) is 17.9 Å². The zero-order valence-corrected chi connectivity index (χ0v) is 17.8. The molecular formula is C19H13ClN4O5S2. The van der Waals surface area contributed by atoms with Gasteiger partial charge in [0.2, 0.25) is 5.91 Å². The number of amides is 3. The first-order valence-corrected chi connectivity index (χ1v) is 11.4. The van der Waals surface area contributed by atoms with Crippen LogP contribution in [-0.4, -0.2) is 31.1 Å². The minimum Gasteiger partial charge on any atom is -0.324 e. The number of nitrogens with one attached hydrogen (secondary N) is 3. The molecule has 0 saturated heterocycles. The maximum atomic E-state index is 12.7. The van der Waals surface area contributed by atoms with Gasteiger partial charge in [0, 0.05) is 5.56 Å². The Bertz CT molecular complexity index is 1300. The smallest absolute Gasteiger partial charge is 0.324 e. The lowest BCUT2D eigenvalue weighted by Crippen LogP contribution is -2.34. The Morgan fingerprint density at radius 2 is 1.87 bits per heavy atom. The number of aromatic nitrogens is 1. The lowest BCUT2D eigenvalue weighted by atomic mass is 9.89. The number of nitrogens with zero attached hydrogens (tertiary/aromatic N) is 1. The number of pyridine rings is 1. The first-order chi connectivity index (χ1) is 14.7. The third-order valence-corrected chi connectivity index (χ3v) is 7.41. The van der Waals surface area contributed by atoms with Crippen molar-refractivity contribution in [2.45, 2.75) is 10.1 Å². The van der Waals surface area contributed by atoms with Crippen LogP contribution in [0.5, 0.6) is 0 Å². The molecule has 1 aliphatic heterocycles. The fourth-order valence-corrected chi connectivity index (χ4v) is 5.37. The maximum absolute atomic E-state index is 12.7. The van der Waals surface area contributed by atoms with E-state index in [2.05, 4.69) is 15.6 Å². The van der Waals surface area contributed by atoms with Gasteiger partial charge < -0.3 is 10.6 Å². The number of para-hydroxylation sites is 1. The van der Waals surface area contributed by atoms with Crippen molar-refractivity contribution in [3.8, 4) is 0 Å². The lowest BCUT2D eigenvalue weighted by molar-refractivity contribution is -0.116. The van der Waals surface area contributed by atoms with Crippen LogP contribution < -0.4 is 15.4 Å². The van der Waals surface area contributed by atoms with Crippen molar-refractivity contribution >= 4 is 62.1 Å². The van der Waals surface area contributed by atoms with Gasteiger partial charge in [0.15, 0.2) is 5.78 Å². The largest absolute Gasteiger partial charge is 0.333 e. The first kappa shape index (κ1) is 21.0. The molecule has 0 spiro atoms. The number of halogens is 1. The highest BCUT2D eigenvalue weighted by Crippen LogP contribution is 2.31. The van der Waals surface area contributed by atoms with Crippen LogP contribution in [0.3, 0.4) is 0 Å². The van der Waals surface area contributed by atoms with Crippen LogP contribution in [0.4, 0.5) is 16.2 Å². The predicted octanol–water partition coefficient (Wildman–Crippen LogP) is 3.23. The number of carbonyl (C=O) groups excluding carboxylic acids is 3. The topological polar surface area (TPSA) is 134 Å². The van der Waals surface area contributed by atoms with Crippen LogP contribution >= 0.6 is 22.9 Å². The predicted molar refractivity (Wildman–Crippen MR) is 115 cm³/mol. The molecule has 3 heterocycles. The molecule has 1 unspecified atom stereocenters. The highest BCUT2D eigenvalue weighted by molar-refractivity contribution is 7.92. The van der Waals surface area contributed by atoms with Crippen molar-refractivity contribution in [1.29, 1.82) is 0 Å². The van der Waals surface area contributed by atoms with Gasteiger partial charge >= 0.3 is 6.03 Å². The van der Waals surface area contributed by atoms with Gasteiger partial charge in [-0.15, -0.1) is 11.3 Å². The fraction of sp³-hybridized carbons (Fsp3) is 0.0526. The number of rotatable bonds is 4. The van der Waals surface area contributed by atoms with Gasteiger partial charge in [-0.05, 0) is 36.4 Å². The van der Waals surface area contributed by atoms with E-state index in [0.29, 0.717) is 11.3 Å². The van der Waals surface area contributed by atoms with Gasteiger partial charge in [0.25, 0.3) is 10.0 Å². The molecule has 158 valence electrons. The standard InChI is InChI=1S/C19H13ClN4O5S2/c20-14-7-8-15(30-14)31(28,29)24-19(27)22-10-5-6-13(21-9-10)16-17(25)11-3-1-2-4-12(11)23-18(16)26/h1-9,16H,(H,23,26)(H2,22,24,27). The summed E-state index contributed by atoms with van der Waals surface area (Å²) in [7, 11) is -4.07. The van der Waals surface area contributed by atoms with E-state index < -0.39 is 27.9 Å². The van der Waals surface area contributed by atoms with Gasteiger partial charge in [0.05, 0.1) is 27.6 Å². The molecular weight excluding hydrogens is 464 g/mol. The molecule has 1 aromatic carbocycles. The summed E-state index contributed by atoms with van der Waals surface area (Å²) in [6.45, 7) is 0. The van der Waals surface area contributed by atoms with E-state index in [9.17, 15) is 22.8 Å². The van der Waals surface area contributed by atoms with Crippen LogP contribution in [0.2, 0.25) is 4.34 Å². The molecule has 1 aliphatic rings. The highest BCUT2D eigenvalue weighted by atomic mass is 35.5. The molecule has 3 aromatic rings. The second kappa shape index (κ2) is 8.10. The van der Waals surface area contributed by atoms with E-state index in [0.717, 1.165) is 11.3 Å². The number of benzene rings is 1. The van der Waals surface area contributed by atoms with Crippen LogP contribution in [0.1, 0.15) is 22.0 Å². The summed E-state index contributed by atoms with van der Waals surface area (Å²) in [4.78, 5) is 41.3. The maximum Gasteiger partial charge on any atom is 0.333 e. The quantitative estimate of drug-likeness (QED) is 0.495. The first-order valence-electron chi connectivity index (χ1n) is 8.74. The van der Waals surface area contributed by atoms with Crippen molar-refractivity contribution in [2.75, 3.05) is 10.6 Å². The molecule has 0 fully saturated rings. The SMILES string of the molecule is O=C(Nc1ccc(C2C(=O)Nc3ccccc3C2=O)nc1)NS(=O)(=O)c1ccc(Cl)s1. The molecule has 0 radical (unpaired) electrons. The van der Waals surface area contributed by atoms with E-state index in [1.807, 2.05) is 4.72 Å². The summed E-state index contributed by atoms with van der Waals surface area (Å²) in [6.07, 6.45) is 1.23. The number of fused-ring (bicyclic) bond motifs is 1. The number of hydrogen-bond acceptors (Lipinski definition) is 7. The Morgan fingerprint density at radius 1 is 1.10 bits per heavy atom. The number of carbonyl (C=O) groups is 3. The van der Waals surface area contributed by atoms with Crippen molar-refractivity contribution in [2.24, 2.45) is 0 Å². The zero-order chi connectivity index (χ0) is 22.2. The summed E-state index contributed by atoms with van der Waals surface area (Å²) in [5.41, 5.74) is 1.19. The molecule has 9 nitrogen and oxygen atoms in total. The third kappa shape index (κ3) is 4.29. The second-order valence-electron chi connectivity index (χ2n) is 6.42. The number of hydrogen-bond donors (Lipinski definition) is 3. The van der Waals surface area contributed by atoms with E-state index in [1.165, 1.54) is 30.5 Å². The summed E-state index contributed by atoms with van der Waals surface area (Å²) < 4.78 is 26.3. The molecule has 3 N–H and O–H groups in total. The Balaban J connectivity index is 1.47. The van der Waals surface area contributed by atoms with E-state index >= 15 is 0 Å². The fourth-order valence-electron chi connectivity index (χ4n) is 2.98. The number of urea groups is 1. The van der Waals surface area contributed by atoms with E-state index in [4.69, 9.17) is 11.6 Å². The molecule has 0 aliphatic carbocycles. The Morgan fingerprint density at radius 3 is 2.55 bits per heavy atom. The molecule has 3 amide bonds. The molecule has 0 saturated carbocycles. The van der Waals surface area contributed by atoms with Crippen molar-refractivity contribution in [1.82, 2.24) is 9.71 Å². The molecule has 12 heteroatoms. The highest BCUT2D eigenvalue weighted by Gasteiger charge is 2.36. The van der Waals surface area contributed by atoms with Crippen molar-refractivity contribution in [3.63, 3.8) is 0 Å². The number of thiophene rings is 1. The zero-order valence-electron chi connectivity index (χ0n) is 15.5. The minimum absolute atomic E-state index is 0.108. The monoisotopic (exact) mass is 476 g/mol. The Kier molecular flexibility index (Phi) is 5.48. The van der Waals surface area contributed by atoms with Crippen molar-refractivity contribution < 1.29 is 22.8 Å². The summed E-state index contributed by atoms with van der Waals surface area (Å²) in [6, 6.07) is 11.2. The number of Topliss-reactive ketones (excluding diaryl/α,β-unsaturated/α-hetero) is 1. The minimum atomic E-state index is -4.07. The normalized spacial score (nSPS) is 15.7. The van der Waals surface area contributed by atoms with Crippen LogP contribution in [0.15, 0.2) is 58.9 Å². The lowest BCUT2D eigenvalue weighted by Gasteiger charge is -2.23. The average molecular weight is 477 g/mol. The molecule has 0 bridgehead atoms. The second-order valence-corrected chi connectivity index (χ2v) is 10.0. The van der Waals surface area contributed by atoms with Crippen LogP contribution in [-0.2, 0) is 14.8 Å². The molecule has 31 heavy (non-hydrogen) atoms. The number of anilines is 2. The Labute approximate surface area is 185 Å². The molecule has 1 atom stereocenters. The van der Waals surface area contributed by atoms with E-state index in [-0.39, 0.29) is 25.7 Å². The van der Waals surface area contributed by atoms with Gasteiger partial charge in [-0.1, -0.05) is 23.7 Å². The number of sulfonamides is 1. The third-order valence-electron chi connectivity index (χ3n) is 4.36. The van der Waals surface area contributed by atoms with Crippen LogP contribution in [0, 0.1) is 0 Å². The summed E-state index contributed by atoms with van der Waals surface area (Å²) in [5.74, 6) is -2.01. The summed E-state index contributed by atoms with van der Waals surface area (Å²) >= 11 is 6.53. The van der Waals surface area contributed by atoms with Gasteiger partial charge in [-0.2, -0.15) is 0 Å². The van der Waals surface area contributed by atoms with Crippen LogP contribution in [0.25, 0.3) is 0 Å².